The van der Waals surface area contributed by atoms with Crippen molar-refractivity contribution in [3.8, 4) is 11.1 Å². The molecule has 4 aromatic rings. The maximum absolute atomic E-state index is 13.1. The van der Waals surface area contributed by atoms with E-state index >= 15 is 0 Å². The molecule has 2 N–H and O–H groups in total. The van der Waals surface area contributed by atoms with Gasteiger partial charge < -0.3 is 20.1 Å². The Morgan fingerprint density at radius 2 is 1.83 bits per heavy atom. The van der Waals surface area contributed by atoms with E-state index in [4.69, 9.17) is 4.98 Å². The molecule has 188 valence electrons. The van der Waals surface area contributed by atoms with Gasteiger partial charge in [0, 0.05) is 68.3 Å². The van der Waals surface area contributed by atoms with Gasteiger partial charge in [-0.25, -0.2) is 9.50 Å². The maximum Gasteiger partial charge on any atom is 0.255 e. The van der Waals surface area contributed by atoms with Gasteiger partial charge in [0.15, 0.2) is 0 Å². The van der Waals surface area contributed by atoms with E-state index in [-0.39, 0.29) is 11.9 Å². The van der Waals surface area contributed by atoms with Crippen molar-refractivity contribution < 1.29 is 4.79 Å². The Kier molecular flexibility index (Phi) is 6.20. The van der Waals surface area contributed by atoms with Gasteiger partial charge in [0.25, 0.3) is 5.91 Å². The summed E-state index contributed by atoms with van der Waals surface area (Å²) in [6, 6.07) is 6.58. The third-order valence-electron chi connectivity index (χ3n) is 7.72. The van der Waals surface area contributed by atoms with E-state index in [0.717, 1.165) is 86.3 Å². The number of amides is 1. The number of likely N-dealkylation sites (tertiary alicyclic amines) is 1. The first-order valence-corrected chi connectivity index (χ1v) is 12.9. The lowest BCUT2D eigenvalue weighted by Gasteiger charge is -2.32. The number of piperazine rings is 1. The zero-order chi connectivity index (χ0) is 24.6. The standard InChI is InChI=1S/C27H34N8O/c1-32-6-4-21(5-7-32)31-27(36)24-17-30-35-8-3-20(14-25(24)35)23-16-29-26-22(23)13-19(15-28-26)18-34-11-9-33(2)10-12-34/h3,8,13-17,21H,4-7,9-12,18H2,1-2H3,(H,28,29)(H,31,36). The number of aromatic amines is 1. The summed E-state index contributed by atoms with van der Waals surface area (Å²) in [5.41, 5.74) is 5.65. The predicted octanol–water partition coefficient (Wildman–Crippen LogP) is 2.45. The SMILES string of the molecule is CN1CCC(NC(=O)c2cnn3ccc(-c4c[nH]c5ncc(CN6CCN(C)CC6)cc45)cc23)CC1. The van der Waals surface area contributed by atoms with Crippen LogP contribution >= 0.6 is 0 Å². The summed E-state index contributed by atoms with van der Waals surface area (Å²) in [6.07, 6.45) is 9.55. The van der Waals surface area contributed by atoms with Crippen LogP contribution in [0, 0.1) is 0 Å². The second-order valence-corrected chi connectivity index (χ2v) is 10.4. The lowest BCUT2D eigenvalue weighted by Crippen LogP contribution is -2.43. The summed E-state index contributed by atoms with van der Waals surface area (Å²) in [7, 11) is 4.30. The van der Waals surface area contributed by atoms with Gasteiger partial charge in [0.2, 0.25) is 0 Å². The van der Waals surface area contributed by atoms with Gasteiger partial charge in [-0.3, -0.25) is 9.69 Å². The maximum atomic E-state index is 13.1. The molecule has 0 radical (unpaired) electrons. The summed E-state index contributed by atoms with van der Waals surface area (Å²) in [6.45, 7) is 7.28. The summed E-state index contributed by atoms with van der Waals surface area (Å²) in [5.74, 6) is -0.0493. The second kappa shape index (κ2) is 9.65. The van der Waals surface area contributed by atoms with Gasteiger partial charge in [-0.1, -0.05) is 0 Å². The van der Waals surface area contributed by atoms with Crippen LogP contribution in [0.5, 0.6) is 0 Å². The molecule has 2 aliphatic rings. The first kappa shape index (κ1) is 23.1. The van der Waals surface area contributed by atoms with Crippen molar-refractivity contribution in [2.45, 2.75) is 25.4 Å². The highest BCUT2D eigenvalue weighted by molar-refractivity contribution is 6.02. The molecular formula is C27H34N8O. The molecule has 1 amide bonds. The molecule has 9 nitrogen and oxygen atoms in total. The van der Waals surface area contributed by atoms with Crippen molar-refractivity contribution in [1.82, 2.24) is 39.6 Å². The number of carbonyl (C=O) groups is 1. The van der Waals surface area contributed by atoms with Crippen LogP contribution in [0.25, 0.3) is 27.7 Å². The summed E-state index contributed by atoms with van der Waals surface area (Å²) < 4.78 is 1.78. The zero-order valence-electron chi connectivity index (χ0n) is 21.1. The Hall–Kier alpha value is -3.27. The number of fused-ring (bicyclic) bond motifs is 2. The number of carbonyl (C=O) groups excluding carboxylic acids is 1. The minimum absolute atomic E-state index is 0.0493. The van der Waals surface area contributed by atoms with Crippen molar-refractivity contribution in [2.24, 2.45) is 0 Å². The lowest BCUT2D eigenvalue weighted by molar-refractivity contribution is 0.0918. The molecule has 0 spiro atoms. The van der Waals surface area contributed by atoms with Gasteiger partial charge in [0.1, 0.15) is 5.65 Å². The van der Waals surface area contributed by atoms with E-state index in [1.165, 1.54) is 5.56 Å². The van der Waals surface area contributed by atoms with Crippen molar-refractivity contribution in [3.63, 3.8) is 0 Å². The van der Waals surface area contributed by atoms with E-state index in [1.54, 1.807) is 10.7 Å². The normalized spacial score (nSPS) is 18.8. The minimum atomic E-state index is -0.0493. The number of nitrogens with one attached hydrogen (secondary N) is 2. The van der Waals surface area contributed by atoms with E-state index in [0.29, 0.717) is 5.56 Å². The summed E-state index contributed by atoms with van der Waals surface area (Å²) >= 11 is 0. The summed E-state index contributed by atoms with van der Waals surface area (Å²) in [4.78, 5) is 28.3. The van der Waals surface area contributed by atoms with Crippen LogP contribution in [0.2, 0.25) is 0 Å². The molecule has 9 heteroatoms. The number of nitrogens with zero attached hydrogens (tertiary/aromatic N) is 6. The molecule has 6 heterocycles. The molecule has 0 aliphatic carbocycles. The molecule has 6 rings (SSSR count). The first-order chi connectivity index (χ1) is 17.5. The largest absolute Gasteiger partial charge is 0.349 e. The van der Waals surface area contributed by atoms with Crippen LogP contribution in [0.3, 0.4) is 0 Å². The molecular weight excluding hydrogens is 452 g/mol. The number of piperidine rings is 1. The highest BCUT2D eigenvalue weighted by Gasteiger charge is 2.22. The highest BCUT2D eigenvalue weighted by Crippen LogP contribution is 2.30. The van der Waals surface area contributed by atoms with E-state index in [9.17, 15) is 4.79 Å². The molecule has 36 heavy (non-hydrogen) atoms. The second-order valence-electron chi connectivity index (χ2n) is 10.4. The Labute approximate surface area is 211 Å². The lowest BCUT2D eigenvalue weighted by atomic mass is 10.0. The number of rotatable bonds is 5. The average molecular weight is 487 g/mol. The third-order valence-corrected chi connectivity index (χ3v) is 7.72. The molecule has 0 unspecified atom stereocenters. The molecule has 0 saturated carbocycles. The van der Waals surface area contributed by atoms with Crippen LogP contribution in [-0.4, -0.2) is 99.6 Å². The highest BCUT2D eigenvalue weighted by atomic mass is 16.1. The first-order valence-electron chi connectivity index (χ1n) is 12.9. The van der Waals surface area contributed by atoms with Crippen LogP contribution in [0.4, 0.5) is 0 Å². The van der Waals surface area contributed by atoms with Crippen LogP contribution in [-0.2, 0) is 6.54 Å². The number of aromatic nitrogens is 4. The van der Waals surface area contributed by atoms with Crippen molar-refractivity contribution in [1.29, 1.82) is 0 Å². The number of H-pyrrole nitrogens is 1. The van der Waals surface area contributed by atoms with E-state index < -0.39 is 0 Å². The molecule has 2 saturated heterocycles. The number of hydrogen-bond donors (Lipinski definition) is 2. The molecule has 4 aromatic heterocycles. The van der Waals surface area contributed by atoms with E-state index in [1.807, 2.05) is 18.6 Å². The van der Waals surface area contributed by atoms with E-state index in [2.05, 4.69) is 62.4 Å². The monoisotopic (exact) mass is 486 g/mol. The Morgan fingerprint density at radius 1 is 1.06 bits per heavy atom. The van der Waals surface area contributed by atoms with Crippen molar-refractivity contribution in [3.05, 3.63) is 54.1 Å². The van der Waals surface area contributed by atoms with Gasteiger partial charge >= 0.3 is 0 Å². The number of likely N-dealkylation sites (N-methyl/N-ethyl adjacent to an activating group) is 1. The summed E-state index contributed by atoms with van der Waals surface area (Å²) in [5, 5.41) is 8.76. The topological polar surface area (TPSA) is 84.8 Å². The van der Waals surface area contributed by atoms with Gasteiger partial charge in [-0.15, -0.1) is 0 Å². The number of pyridine rings is 2. The van der Waals surface area contributed by atoms with Crippen LogP contribution in [0.15, 0.2) is 43.0 Å². The van der Waals surface area contributed by atoms with Crippen molar-refractivity contribution >= 4 is 22.5 Å². The predicted molar refractivity (Wildman–Crippen MR) is 141 cm³/mol. The Morgan fingerprint density at radius 3 is 2.64 bits per heavy atom. The molecule has 0 aromatic carbocycles. The fourth-order valence-corrected chi connectivity index (χ4v) is 5.38. The molecule has 2 aliphatic heterocycles. The average Bonchev–Trinajstić information content (AvgIpc) is 3.50. The van der Waals surface area contributed by atoms with Gasteiger partial charge in [-0.2, -0.15) is 5.10 Å². The minimum Gasteiger partial charge on any atom is -0.349 e. The molecule has 2 fully saturated rings. The van der Waals surface area contributed by atoms with Gasteiger partial charge in [-0.05, 0) is 69.4 Å². The zero-order valence-corrected chi connectivity index (χ0v) is 21.1. The Balaban J connectivity index is 1.26. The molecule has 0 atom stereocenters. The quantitative estimate of drug-likeness (QED) is 0.451. The Bertz CT molecular complexity index is 1380. The van der Waals surface area contributed by atoms with Crippen LogP contribution < -0.4 is 5.32 Å². The van der Waals surface area contributed by atoms with Crippen LogP contribution in [0.1, 0.15) is 28.8 Å². The molecule has 0 bridgehead atoms. The fraction of sp³-hybridized carbons (Fsp3) is 0.444. The van der Waals surface area contributed by atoms with Crippen molar-refractivity contribution in [2.75, 3.05) is 53.4 Å². The van der Waals surface area contributed by atoms with Gasteiger partial charge in [0.05, 0.1) is 17.3 Å². The fourth-order valence-electron chi connectivity index (χ4n) is 5.38. The third kappa shape index (κ3) is 4.61. The smallest absolute Gasteiger partial charge is 0.255 e. The number of hydrogen-bond acceptors (Lipinski definition) is 6.